The molecule has 0 aliphatic heterocycles. The highest BCUT2D eigenvalue weighted by Crippen LogP contribution is 2.23. The molecule has 98 valence electrons. The standard InChI is InChI=1S/C14H21N3O/c1-2-7-17(8-9-18)14-5-6-15-10-12(14)11-16-13-3-4-13/h2,5-6,10,13,16,18H,1,3-4,7-9,11H2. The fourth-order valence-electron chi connectivity index (χ4n) is 1.99. The van der Waals surface area contributed by atoms with Crippen molar-refractivity contribution in [2.75, 3.05) is 24.6 Å². The van der Waals surface area contributed by atoms with Crippen molar-refractivity contribution in [3.05, 3.63) is 36.7 Å². The number of pyridine rings is 1. The van der Waals surface area contributed by atoms with Crippen LogP contribution in [0.2, 0.25) is 0 Å². The molecule has 0 aromatic carbocycles. The fraction of sp³-hybridized carbons (Fsp3) is 0.500. The van der Waals surface area contributed by atoms with Crippen LogP contribution in [0.5, 0.6) is 0 Å². The normalized spacial score (nSPS) is 14.5. The predicted molar refractivity (Wildman–Crippen MR) is 73.6 cm³/mol. The van der Waals surface area contributed by atoms with E-state index in [4.69, 9.17) is 5.11 Å². The van der Waals surface area contributed by atoms with E-state index in [0.29, 0.717) is 12.6 Å². The maximum Gasteiger partial charge on any atom is 0.0606 e. The first-order valence-electron chi connectivity index (χ1n) is 6.48. The molecule has 4 nitrogen and oxygen atoms in total. The van der Waals surface area contributed by atoms with Crippen molar-refractivity contribution in [3.63, 3.8) is 0 Å². The van der Waals surface area contributed by atoms with Gasteiger partial charge in [-0.3, -0.25) is 4.98 Å². The van der Waals surface area contributed by atoms with E-state index in [0.717, 1.165) is 18.8 Å². The highest BCUT2D eigenvalue weighted by molar-refractivity contribution is 5.52. The lowest BCUT2D eigenvalue weighted by Gasteiger charge is -2.25. The van der Waals surface area contributed by atoms with E-state index in [9.17, 15) is 0 Å². The van der Waals surface area contributed by atoms with Gasteiger partial charge in [0.2, 0.25) is 0 Å². The Labute approximate surface area is 108 Å². The largest absolute Gasteiger partial charge is 0.395 e. The number of aliphatic hydroxyl groups is 1. The Morgan fingerprint density at radius 2 is 2.39 bits per heavy atom. The summed E-state index contributed by atoms with van der Waals surface area (Å²) < 4.78 is 0. The molecule has 0 amide bonds. The zero-order valence-corrected chi connectivity index (χ0v) is 10.7. The van der Waals surface area contributed by atoms with Crippen LogP contribution in [0.3, 0.4) is 0 Å². The number of hydrogen-bond acceptors (Lipinski definition) is 4. The number of aromatic nitrogens is 1. The Balaban J connectivity index is 2.09. The molecule has 1 aliphatic carbocycles. The Morgan fingerprint density at radius 1 is 1.56 bits per heavy atom. The molecule has 0 bridgehead atoms. The van der Waals surface area contributed by atoms with E-state index in [1.54, 1.807) is 6.20 Å². The first kappa shape index (κ1) is 13.1. The second kappa shape index (κ2) is 6.52. The minimum Gasteiger partial charge on any atom is -0.395 e. The predicted octanol–water partition coefficient (Wildman–Crippen LogP) is 1.32. The maximum absolute atomic E-state index is 9.14. The van der Waals surface area contributed by atoms with Crippen molar-refractivity contribution in [3.8, 4) is 0 Å². The van der Waals surface area contributed by atoms with Crippen LogP contribution in [0.25, 0.3) is 0 Å². The molecule has 1 fully saturated rings. The highest BCUT2D eigenvalue weighted by Gasteiger charge is 2.21. The maximum atomic E-state index is 9.14. The van der Waals surface area contributed by atoms with Gasteiger partial charge >= 0.3 is 0 Å². The topological polar surface area (TPSA) is 48.4 Å². The SMILES string of the molecule is C=CCN(CCO)c1ccncc1CNC1CC1. The Bertz CT molecular complexity index is 390. The van der Waals surface area contributed by atoms with Gasteiger partial charge in [0.1, 0.15) is 0 Å². The van der Waals surface area contributed by atoms with Crippen LogP contribution in [0.15, 0.2) is 31.1 Å². The number of hydrogen-bond donors (Lipinski definition) is 2. The zero-order valence-electron chi connectivity index (χ0n) is 10.7. The van der Waals surface area contributed by atoms with Crippen LogP contribution in [0, 0.1) is 0 Å². The summed E-state index contributed by atoms with van der Waals surface area (Å²) in [6, 6.07) is 2.69. The molecule has 0 atom stereocenters. The van der Waals surface area contributed by atoms with Crippen LogP contribution >= 0.6 is 0 Å². The highest BCUT2D eigenvalue weighted by atomic mass is 16.3. The summed E-state index contributed by atoms with van der Waals surface area (Å²) in [4.78, 5) is 6.31. The molecule has 1 saturated carbocycles. The van der Waals surface area contributed by atoms with E-state index in [1.165, 1.54) is 18.4 Å². The van der Waals surface area contributed by atoms with E-state index in [1.807, 2.05) is 18.3 Å². The van der Waals surface area contributed by atoms with Crippen molar-refractivity contribution in [1.29, 1.82) is 0 Å². The van der Waals surface area contributed by atoms with Gasteiger partial charge in [-0.1, -0.05) is 6.08 Å². The molecular formula is C14H21N3O. The lowest BCUT2D eigenvalue weighted by molar-refractivity contribution is 0.303. The van der Waals surface area contributed by atoms with Gasteiger partial charge in [0.05, 0.1) is 6.61 Å². The summed E-state index contributed by atoms with van der Waals surface area (Å²) in [6.07, 6.45) is 8.11. The number of nitrogens with zero attached hydrogens (tertiary/aromatic N) is 2. The average Bonchev–Trinajstić information content (AvgIpc) is 3.21. The first-order valence-corrected chi connectivity index (χ1v) is 6.48. The molecule has 0 spiro atoms. The molecule has 0 unspecified atom stereocenters. The van der Waals surface area contributed by atoms with Crippen molar-refractivity contribution in [2.24, 2.45) is 0 Å². The minimum atomic E-state index is 0.145. The number of anilines is 1. The van der Waals surface area contributed by atoms with Crippen molar-refractivity contribution >= 4 is 5.69 Å². The summed E-state index contributed by atoms with van der Waals surface area (Å²) in [7, 11) is 0. The Morgan fingerprint density at radius 3 is 3.06 bits per heavy atom. The number of rotatable bonds is 8. The smallest absolute Gasteiger partial charge is 0.0606 e. The van der Waals surface area contributed by atoms with Crippen molar-refractivity contribution in [1.82, 2.24) is 10.3 Å². The molecule has 0 radical (unpaired) electrons. The van der Waals surface area contributed by atoms with Gasteiger partial charge in [0.15, 0.2) is 0 Å². The van der Waals surface area contributed by atoms with E-state index in [-0.39, 0.29) is 6.61 Å². The molecule has 2 rings (SSSR count). The zero-order chi connectivity index (χ0) is 12.8. The van der Waals surface area contributed by atoms with Gasteiger partial charge in [-0.2, -0.15) is 0 Å². The van der Waals surface area contributed by atoms with Crippen LogP contribution in [0.1, 0.15) is 18.4 Å². The monoisotopic (exact) mass is 247 g/mol. The lowest BCUT2D eigenvalue weighted by Crippen LogP contribution is -2.28. The van der Waals surface area contributed by atoms with Gasteiger partial charge in [-0.25, -0.2) is 0 Å². The summed E-state index contributed by atoms with van der Waals surface area (Å²) in [6.45, 7) is 6.11. The summed E-state index contributed by atoms with van der Waals surface area (Å²) in [5.41, 5.74) is 2.31. The minimum absolute atomic E-state index is 0.145. The molecule has 1 aromatic rings. The fourth-order valence-corrected chi connectivity index (χ4v) is 1.99. The molecule has 1 aliphatic rings. The third-order valence-corrected chi connectivity index (χ3v) is 3.10. The number of aliphatic hydroxyl groups excluding tert-OH is 1. The molecule has 1 heterocycles. The quantitative estimate of drug-likeness (QED) is 0.680. The summed E-state index contributed by atoms with van der Waals surface area (Å²) >= 11 is 0. The Kier molecular flexibility index (Phi) is 4.73. The second-order valence-electron chi connectivity index (χ2n) is 4.62. The molecular weight excluding hydrogens is 226 g/mol. The summed E-state index contributed by atoms with van der Waals surface area (Å²) in [5, 5.41) is 12.6. The van der Waals surface area contributed by atoms with Gasteiger partial charge in [-0.05, 0) is 18.9 Å². The first-order chi connectivity index (χ1) is 8.85. The molecule has 2 N–H and O–H groups in total. The van der Waals surface area contributed by atoms with Gasteiger partial charge in [0.25, 0.3) is 0 Å². The summed E-state index contributed by atoms with van der Waals surface area (Å²) in [5.74, 6) is 0. The third-order valence-electron chi connectivity index (χ3n) is 3.10. The van der Waals surface area contributed by atoms with E-state index < -0.39 is 0 Å². The third kappa shape index (κ3) is 3.55. The van der Waals surface area contributed by atoms with Crippen molar-refractivity contribution < 1.29 is 5.11 Å². The van der Waals surface area contributed by atoms with Crippen LogP contribution in [-0.2, 0) is 6.54 Å². The Hall–Kier alpha value is -1.39. The molecule has 4 heteroatoms. The van der Waals surface area contributed by atoms with Gasteiger partial charge in [0, 0.05) is 49.3 Å². The van der Waals surface area contributed by atoms with Crippen LogP contribution < -0.4 is 10.2 Å². The van der Waals surface area contributed by atoms with Gasteiger partial charge < -0.3 is 15.3 Å². The molecule has 0 saturated heterocycles. The van der Waals surface area contributed by atoms with Crippen molar-refractivity contribution in [2.45, 2.75) is 25.4 Å². The second-order valence-corrected chi connectivity index (χ2v) is 4.62. The van der Waals surface area contributed by atoms with Crippen LogP contribution in [0.4, 0.5) is 5.69 Å². The molecule has 1 aromatic heterocycles. The molecule has 18 heavy (non-hydrogen) atoms. The van der Waals surface area contributed by atoms with E-state index in [2.05, 4.69) is 21.8 Å². The van der Waals surface area contributed by atoms with Crippen LogP contribution in [-0.4, -0.2) is 35.8 Å². The van der Waals surface area contributed by atoms with Gasteiger partial charge in [-0.15, -0.1) is 6.58 Å². The van der Waals surface area contributed by atoms with E-state index >= 15 is 0 Å². The average molecular weight is 247 g/mol. The lowest BCUT2D eigenvalue weighted by atomic mass is 10.2. The number of nitrogens with one attached hydrogen (secondary N) is 1.